The second-order valence-corrected chi connectivity index (χ2v) is 20.5. The number of ether oxygens (including phenoxy) is 2. The number of nitrogens with zero attached hydrogens (tertiary/aromatic N) is 4. The topological polar surface area (TPSA) is 175 Å². The van der Waals surface area contributed by atoms with Gasteiger partial charge in [0.25, 0.3) is 6.47 Å². The van der Waals surface area contributed by atoms with Gasteiger partial charge in [0.05, 0.1) is 56.1 Å². The van der Waals surface area contributed by atoms with Crippen molar-refractivity contribution in [3.63, 3.8) is 0 Å². The van der Waals surface area contributed by atoms with E-state index in [1.807, 2.05) is 38.2 Å². The van der Waals surface area contributed by atoms with E-state index < -0.39 is 12.1 Å². The fourth-order valence-electron chi connectivity index (χ4n) is 13.2. The van der Waals surface area contributed by atoms with Gasteiger partial charge in [-0.2, -0.15) is 0 Å². The predicted molar refractivity (Wildman–Crippen MR) is 252 cm³/mol. The number of hydrogen-bond acceptors (Lipinski definition) is 9. The first-order chi connectivity index (χ1) is 31.9. The van der Waals surface area contributed by atoms with Crippen LogP contribution in [0.1, 0.15) is 133 Å². The van der Waals surface area contributed by atoms with Crippen molar-refractivity contribution in [2.24, 2.45) is 23.7 Å². The highest BCUT2D eigenvalue weighted by atomic mass is 16.5. The Morgan fingerprint density at radius 2 is 1.27 bits per heavy atom. The summed E-state index contributed by atoms with van der Waals surface area (Å²) in [6, 6.07) is 13.0. The molecule has 1 spiro atoms. The van der Waals surface area contributed by atoms with Crippen LogP contribution in [0.2, 0.25) is 0 Å². The Kier molecular flexibility index (Phi) is 12.9. The van der Waals surface area contributed by atoms with Crippen molar-refractivity contribution in [2.75, 3.05) is 21.3 Å². The van der Waals surface area contributed by atoms with Crippen LogP contribution < -0.4 is 10.6 Å². The molecule has 2 aromatic carbocycles. The maximum atomic E-state index is 14.1. The van der Waals surface area contributed by atoms with Crippen LogP contribution in [-0.4, -0.2) is 99.6 Å². The minimum Gasteiger partial charge on any atom is -0.471 e. The Labute approximate surface area is 388 Å². The fourth-order valence-corrected chi connectivity index (χ4v) is 13.2. The number of carbonyl (C=O) groups is 4. The molecule has 3 saturated carbocycles. The molecule has 4 aliphatic carbocycles. The number of aromatic nitrogens is 4. The summed E-state index contributed by atoms with van der Waals surface area (Å²) in [6.45, 7) is 8.52. The van der Waals surface area contributed by atoms with Crippen LogP contribution in [0.5, 0.6) is 0 Å². The summed E-state index contributed by atoms with van der Waals surface area (Å²) in [6.07, 6.45) is 16.8. The molecule has 4 N–H and O–H groups in total. The van der Waals surface area contributed by atoms with Crippen molar-refractivity contribution in [1.82, 2.24) is 40.4 Å². The standard InChI is InChI=1S/C50H64N8O4.C2H4O2/c1-27(2)41(51-5)47(59)57-33-15-13-32(23-33)44(57)46-53-26-39(55-46)36-18-17-35(40-37(36)19-22-50(40)20-7-8-21-50)29-9-11-30(12-10-29)38-25-52-45(54-38)43-31-14-16-34(24-31)58(43)48(60)42(28(3)4)56-49(61)62-6;1-4-2-3/h9-12,17-18,25-28,31-34,41-44,51H,7-8,13-16,19-24H2,1-6H3,(H,52,54)(H,53,55)(H,56,61);2H,1H3. The third kappa shape index (κ3) is 8.00. The molecule has 352 valence electrons. The van der Waals surface area contributed by atoms with E-state index in [-0.39, 0.29) is 59.3 Å². The maximum Gasteiger partial charge on any atom is 0.407 e. The van der Waals surface area contributed by atoms with Gasteiger partial charge in [-0.05, 0) is 128 Å². The number of hydrogen-bond donors (Lipinski definition) is 4. The molecule has 2 aliphatic heterocycles. The van der Waals surface area contributed by atoms with Gasteiger partial charge in [-0.1, -0.05) is 76.9 Å². The van der Waals surface area contributed by atoms with E-state index in [2.05, 4.69) is 80.5 Å². The van der Waals surface area contributed by atoms with Gasteiger partial charge in [-0.15, -0.1) is 0 Å². The lowest BCUT2D eigenvalue weighted by Crippen LogP contribution is -2.54. The van der Waals surface area contributed by atoms with Crippen LogP contribution in [0.4, 0.5) is 4.79 Å². The number of rotatable bonds is 12. The summed E-state index contributed by atoms with van der Waals surface area (Å²) < 4.78 is 8.73. The van der Waals surface area contributed by atoms with E-state index in [1.54, 1.807) is 0 Å². The second kappa shape index (κ2) is 18.6. The van der Waals surface area contributed by atoms with Gasteiger partial charge < -0.3 is 39.9 Å². The molecule has 5 fully saturated rings. The van der Waals surface area contributed by atoms with E-state index in [0.717, 1.165) is 73.5 Å². The number of benzene rings is 2. The Morgan fingerprint density at radius 3 is 1.82 bits per heavy atom. The average molecular weight is 901 g/mol. The predicted octanol–water partition coefficient (Wildman–Crippen LogP) is 8.41. The number of likely N-dealkylation sites (tertiary alicyclic amines) is 2. The Morgan fingerprint density at radius 1 is 0.742 bits per heavy atom. The first kappa shape index (κ1) is 45.6. The molecule has 2 aromatic heterocycles. The number of fused-ring (bicyclic) bond motifs is 6. The van der Waals surface area contributed by atoms with E-state index in [1.165, 1.54) is 74.1 Å². The molecular formula is C52H68N8O6. The molecule has 6 aliphatic rings. The molecule has 3 amide bonds. The third-order valence-electron chi connectivity index (χ3n) is 16.2. The van der Waals surface area contributed by atoms with Gasteiger partial charge in [-0.25, -0.2) is 14.8 Å². The molecule has 14 heteroatoms. The first-order valence-electron chi connectivity index (χ1n) is 24.4. The third-order valence-corrected chi connectivity index (χ3v) is 16.2. The van der Waals surface area contributed by atoms with Gasteiger partial charge in [0.1, 0.15) is 17.7 Å². The minimum atomic E-state index is -0.668. The zero-order valence-corrected chi connectivity index (χ0v) is 39.7. The zero-order valence-electron chi connectivity index (χ0n) is 39.7. The van der Waals surface area contributed by atoms with Crippen molar-refractivity contribution in [2.45, 2.75) is 146 Å². The molecule has 2 saturated heterocycles. The molecule has 8 unspecified atom stereocenters. The average Bonchev–Trinajstić information content (AvgIpc) is 4.20. The Balaban J connectivity index is 0.00000132. The number of amides is 3. The number of alkyl carbamates (subject to hydrolysis) is 1. The highest BCUT2D eigenvalue weighted by Crippen LogP contribution is 2.56. The molecular weight excluding hydrogens is 833 g/mol. The number of H-pyrrole nitrogens is 2. The smallest absolute Gasteiger partial charge is 0.407 e. The van der Waals surface area contributed by atoms with E-state index in [4.69, 9.17) is 19.5 Å². The van der Waals surface area contributed by atoms with Crippen LogP contribution in [0.3, 0.4) is 0 Å². The number of piperidine rings is 2. The van der Waals surface area contributed by atoms with E-state index in [0.29, 0.717) is 18.3 Å². The van der Waals surface area contributed by atoms with Crippen molar-refractivity contribution in [3.8, 4) is 33.6 Å². The summed E-state index contributed by atoms with van der Waals surface area (Å²) >= 11 is 0. The molecule has 4 heterocycles. The number of imidazole rings is 2. The quantitative estimate of drug-likeness (QED) is 0.102. The molecule has 10 rings (SSSR count). The number of methoxy groups -OCH3 is 2. The fraction of sp³-hybridized carbons (Fsp3) is 0.577. The SMILES string of the molecule is CNC(C(=O)N1C2CCC(C2)C1c1ncc(-c2ccc(-c3ccc(-c4cnc(C5C6CCC(C6)N5C(=O)C(NC(=O)OC)C(C)C)[nH]4)cc3)c3c2CCC32CCCC2)[nH]1)C(C)C.COC=O. The van der Waals surface area contributed by atoms with E-state index in [9.17, 15) is 14.4 Å². The summed E-state index contributed by atoms with van der Waals surface area (Å²) in [5.74, 6) is 2.76. The summed E-state index contributed by atoms with van der Waals surface area (Å²) in [5, 5.41) is 6.10. The molecule has 14 nitrogen and oxygen atoms in total. The lowest BCUT2D eigenvalue weighted by molar-refractivity contribution is -0.140. The van der Waals surface area contributed by atoms with Crippen LogP contribution in [0, 0.1) is 23.7 Å². The second-order valence-electron chi connectivity index (χ2n) is 20.5. The van der Waals surface area contributed by atoms with Gasteiger partial charge >= 0.3 is 6.09 Å². The monoisotopic (exact) mass is 901 g/mol. The molecule has 8 atom stereocenters. The minimum absolute atomic E-state index is 0.00940. The molecule has 0 radical (unpaired) electrons. The number of carbonyl (C=O) groups excluding carboxylic acids is 4. The zero-order chi connectivity index (χ0) is 46.4. The van der Waals surface area contributed by atoms with Crippen LogP contribution >= 0.6 is 0 Å². The molecule has 66 heavy (non-hydrogen) atoms. The van der Waals surface area contributed by atoms with Crippen LogP contribution in [0.15, 0.2) is 48.8 Å². The van der Waals surface area contributed by atoms with Gasteiger partial charge in [0, 0.05) is 17.6 Å². The van der Waals surface area contributed by atoms with Crippen molar-refractivity contribution >= 4 is 24.4 Å². The molecule has 4 bridgehead atoms. The van der Waals surface area contributed by atoms with Crippen molar-refractivity contribution in [1.29, 1.82) is 0 Å². The summed E-state index contributed by atoms with van der Waals surface area (Å²) in [5.41, 5.74) is 10.00. The highest BCUT2D eigenvalue weighted by Gasteiger charge is 2.53. The van der Waals surface area contributed by atoms with Gasteiger partial charge in [0.15, 0.2) is 0 Å². The molecule has 4 aromatic rings. The first-order valence-corrected chi connectivity index (χ1v) is 24.4. The highest BCUT2D eigenvalue weighted by molar-refractivity contribution is 5.87. The normalized spacial score (nSPS) is 25.3. The van der Waals surface area contributed by atoms with Crippen LogP contribution in [-0.2, 0) is 35.7 Å². The number of nitrogens with one attached hydrogen (secondary N) is 4. The summed E-state index contributed by atoms with van der Waals surface area (Å²) in [7, 11) is 4.54. The number of aromatic amines is 2. The van der Waals surface area contributed by atoms with Gasteiger partial charge in [0.2, 0.25) is 11.8 Å². The lowest BCUT2D eigenvalue weighted by Gasteiger charge is -2.37. The van der Waals surface area contributed by atoms with Crippen molar-refractivity contribution < 1.29 is 28.7 Å². The van der Waals surface area contributed by atoms with Crippen LogP contribution in [0.25, 0.3) is 33.6 Å². The Bertz CT molecular complexity index is 2420. The summed E-state index contributed by atoms with van der Waals surface area (Å²) in [4.78, 5) is 70.8. The van der Waals surface area contributed by atoms with Crippen molar-refractivity contribution in [3.05, 3.63) is 71.6 Å². The van der Waals surface area contributed by atoms with E-state index >= 15 is 0 Å². The Hall–Kier alpha value is -5.50. The largest absolute Gasteiger partial charge is 0.471 e. The van der Waals surface area contributed by atoms with Gasteiger partial charge in [-0.3, -0.25) is 14.4 Å². The number of likely N-dealkylation sites (N-methyl/N-ethyl adjacent to an activating group) is 1. The lowest BCUT2D eigenvalue weighted by atomic mass is 9.76. The maximum absolute atomic E-state index is 14.1.